The van der Waals surface area contributed by atoms with Crippen LogP contribution < -0.4 is 10.6 Å². The Labute approximate surface area is 184 Å². The molecule has 1 aliphatic heterocycles. The third-order valence-electron chi connectivity index (χ3n) is 4.67. The average molecular weight is 447 g/mol. The first-order valence-electron chi connectivity index (χ1n) is 9.91. The van der Waals surface area contributed by atoms with Crippen LogP contribution in [-0.2, 0) is 20.8 Å². The summed E-state index contributed by atoms with van der Waals surface area (Å²) in [5.74, 6) is 0.577. The normalized spacial score (nSPS) is 16.2. The number of anilines is 2. The van der Waals surface area contributed by atoms with Crippen LogP contribution in [0.2, 0.25) is 0 Å². The lowest BCUT2D eigenvalue weighted by atomic mass is 10.00. The fourth-order valence-corrected chi connectivity index (χ4v) is 4.97. The second-order valence-electron chi connectivity index (χ2n) is 7.47. The van der Waals surface area contributed by atoms with Crippen molar-refractivity contribution in [1.29, 1.82) is 0 Å². The Balaban J connectivity index is 1.46. The fraction of sp³-hybridized carbons (Fsp3) is 0.429. The molecule has 3 amide bonds. The van der Waals surface area contributed by atoms with Crippen LogP contribution in [0.15, 0.2) is 34.0 Å². The van der Waals surface area contributed by atoms with Gasteiger partial charge in [-0.1, -0.05) is 24.8 Å². The SMILES string of the molecule is CC(=O)Nc1cccc(NC(=O)CSc2nc(CC(=O)N3CCCC(C)C3)cs2)c1. The molecule has 2 aromatic rings. The van der Waals surface area contributed by atoms with E-state index in [-0.39, 0.29) is 23.5 Å². The molecule has 7 nitrogen and oxygen atoms in total. The highest BCUT2D eigenvalue weighted by atomic mass is 32.2. The molecule has 1 aromatic carbocycles. The average Bonchev–Trinajstić information content (AvgIpc) is 3.13. The number of thiazole rings is 1. The summed E-state index contributed by atoms with van der Waals surface area (Å²) < 4.78 is 0.770. The summed E-state index contributed by atoms with van der Waals surface area (Å²) in [5.41, 5.74) is 2.01. The minimum Gasteiger partial charge on any atom is -0.342 e. The number of likely N-dealkylation sites (tertiary alicyclic amines) is 1. The molecular formula is C21H26N4O3S2. The van der Waals surface area contributed by atoms with Gasteiger partial charge < -0.3 is 15.5 Å². The van der Waals surface area contributed by atoms with E-state index in [0.29, 0.717) is 23.7 Å². The van der Waals surface area contributed by atoms with Crippen molar-refractivity contribution in [2.45, 2.75) is 37.4 Å². The largest absolute Gasteiger partial charge is 0.342 e. The van der Waals surface area contributed by atoms with Crippen molar-refractivity contribution >= 4 is 52.2 Å². The summed E-state index contributed by atoms with van der Waals surface area (Å²) in [4.78, 5) is 42.3. The predicted octanol–water partition coefficient (Wildman–Crippen LogP) is 3.63. The quantitative estimate of drug-likeness (QED) is 0.634. The van der Waals surface area contributed by atoms with Crippen LogP contribution in [0.3, 0.4) is 0 Å². The number of nitrogens with zero attached hydrogens (tertiary/aromatic N) is 2. The van der Waals surface area contributed by atoms with E-state index in [2.05, 4.69) is 22.5 Å². The number of hydrogen-bond acceptors (Lipinski definition) is 6. The number of hydrogen-bond donors (Lipinski definition) is 2. The van der Waals surface area contributed by atoms with E-state index in [0.717, 1.165) is 29.5 Å². The topological polar surface area (TPSA) is 91.4 Å². The van der Waals surface area contributed by atoms with Crippen LogP contribution in [0.25, 0.3) is 0 Å². The standard InChI is InChI=1S/C21H26N4O3S2/c1-14-5-4-8-25(11-14)20(28)10-18-12-29-21(24-18)30-13-19(27)23-17-7-3-6-16(9-17)22-15(2)26/h3,6-7,9,12,14H,4-5,8,10-11,13H2,1-2H3,(H,22,26)(H,23,27). The number of thioether (sulfide) groups is 1. The van der Waals surface area contributed by atoms with Crippen molar-refractivity contribution in [2.75, 3.05) is 29.5 Å². The first kappa shape index (κ1) is 22.3. The summed E-state index contributed by atoms with van der Waals surface area (Å²) in [7, 11) is 0. The van der Waals surface area contributed by atoms with Gasteiger partial charge in [0.05, 0.1) is 17.9 Å². The van der Waals surface area contributed by atoms with Crippen LogP contribution in [0.4, 0.5) is 11.4 Å². The highest BCUT2D eigenvalue weighted by molar-refractivity contribution is 8.01. The first-order valence-corrected chi connectivity index (χ1v) is 11.8. The van der Waals surface area contributed by atoms with Crippen LogP contribution in [-0.4, -0.2) is 46.4 Å². The van der Waals surface area contributed by atoms with E-state index in [1.807, 2.05) is 10.3 Å². The van der Waals surface area contributed by atoms with Crippen LogP contribution >= 0.6 is 23.1 Å². The van der Waals surface area contributed by atoms with Gasteiger partial charge in [-0.3, -0.25) is 14.4 Å². The maximum atomic E-state index is 12.5. The Hall–Kier alpha value is -2.39. The lowest BCUT2D eigenvalue weighted by Gasteiger charge is -2.30. The Morgan fingerprint density at radius 1 is 1.27 bits per heavy atom. The van der Waals surface area contributed by atoms with Crippen molar-refractivity contribution in [1.82, 2.24) is 9.88 Å². The molecule has 0 bridgehead atoms. The molecule has 30 heavy (non-hydrogen) atoms. The zero-order chi connectivity index (χ0) is 21.5. The maximum absolute atomic E-state index is 12.5. The maximum Gasteiger partial charge on any atom is 0.234 e. The zero-order valence-corrected chi connectivity index (χ0v) is 18.8. The number of piperidine rings is 1. The molecule has 0 aliphatic carbocycles. The molecule has 1 fully saturated rings. The van der Waals surface area contributed by atoms with Crippen molar-refractivity contribution < 1.29 is 14.4 Å². The molecule has 1 saturated heterocycles. The second kappa shape index (κ2) is 10.6. The monoisotopic (exact) mass is 446 g/mol. The predicted molar refractivity (Wildman–Crippen MR) is 121 cm³/mol. The molecule has 160 valence electrons. The molecule has 0 spiro atoms. The van der Waals surface area contributed by atoms with Crippen molar-refractivity contribution in [3.05, 3.63) is 35.3 Å². The molecule has 1 aromatic heterocycles. The molecule has 1 aliphatic rings. The molecule has 2 heterocycles. The van der Waals surface area contributed by atoms with Gasteiger partial charge in [0.2, 0.25) is 17.7 Å². The lowest BCUT2D eigenvalue weighted by molar-refractivity contribution is -0.132. The summed E-state index contributed by atoms with van der Waals surface area (Å²) in [6.45, 7) is 5.27. The molecule has 0 radical (unpaired) electrons. The molecular weight excluding hydrogens is 420 g/mol. The van der Waals surface area contributed by atoms with Crippen LogP contribution in [0.1, 0.15) is 32.4 Å². The molecule has 2 N–H and O–H groups in total. The van der Waals surface area contributed by atoms with Gasteiger partial charge in [0.1, 0.15) is 0 Å². The second-order valence-corrected chi connectivity index (χ2v) is 9.55. The van der Waals surface area contributed by atoms with E-state index in [4.69, 9.17) is 0 Å². The third-order valence-corrected chi connectivity index (χ3v) is 6.74. The number of aromatic nitrogens is 1. The van der Waals surface area contributed by atoms with Gasteiger partial charge in [-0.05, 0) is 37.0 Å². The Bertz CT molecular complexity index is 915. The van der Waals surface area contributed by atoms with Crippen molar-refractivity contribution in [3.8, 4) is 0 Å². The minimum atomic E-state index is -0.165. The summed E-state index contributed by atoms with van der Waals surface area (Å²) in [5, 5.41) is 7.39. The number of rotatable bonds is 7. The van der Waals surface area contributed by atoms with Gasteiger partial charge in [-0.2, -0.15) is 0 Å². The van der Waals surface area contributed by atoms with Crippen LogP contribution in [0.5, 0.6) is 0 Å². The van der Waals surface area contributed by atoms with Gasteiger partial charge in [0.25, 0.3) is 0 Å². The highest BCUT2D eigenvalue weighted by Crippen LogP contribution is 2.24. The van der Waals surface area contributed by atoms with E-state index in [1.165, 1.54) is 36.4 Å². The third kappa shape index (κ3) is 6.84. The van der Waals surface area contributed by atoms with Gasteiger partial charge in [0, 0.05) is 36.8 Å². The molecule has 0 saturated carbocycles. The Morgan fingerprint density at radius 2 is 2.03 bits per heavy atom. The van der Waals surface area contributed by atoms with Crippen molar-refractivity contribution in [2.24, 2.45) is 5.92 Å². The molecule has 3 rings (SSSR count). The lowest BCUT2D eigenvalue weighted by Crippen LogP contribution is -2.39. The Morgan fingerprint density at radius 3 is 2.77 bits per heavy atom. The van der Waals surface area contributed by atoms with E-state index < -0.39 is 0 Å². The van der Waals surface area contributed by atoms with Gasteiger partial charge in [-0.15, -0.1) is 11.3 Å². The first-order chi connectivity index (χ1) is 14.4. The molecule has 9 heteroatoms. The highest BCUT2D eigenvalue weighted by Gasteiger charge is 2.21. The van der Waals surface area contributed by atoms with Gasteiger partial charge in [0.15, 0.2) is 4.34 Å². The molecule has 1 atom stereocenters. The number of benzene rings is 1. The zero-order valence-electron chi connectivity index (χ0n) is 17.1. The smallest absolute Gasteiger partial charge is 0.234 e. The van der Waals surface area contributed by atoms with E-state index >= 15 is 0 Å². The minimum absolute atomic E-state index is 0.125. The summed E-state index contributed by atoms with van der Waals surface area (Å²) in [6.07, 6.45) is 2.56. The van der Waals surface area contributed by atoms with E-state index in [9.17, 15) is 14.4 Å². The number of carbonyl (C=O) groups excluding carboxylic acids is 3. The molecule has 1 unspecified atom stereocenters. The fourth-order valence-electron chi connectivity index (χ4n) is 3.32. The number of carbonyl (C=O) groups is 3. The van der Waals surface area contributed by atoms with Gasteiger partial charge >= 0.3 is 0 Å². The van der Waals surface area contributed by atoms with Gasteiger partial charge in [-0.25, -0.2) is 4.98 Å². The summed E-state index contributed by atoms with van der Waals surface area (Å²) >= 11 is 2.80. The Kier molecular flexibility index (Phi) is 7.87. The number of amides is 3. The summed E-state index contributed by atoms with van der Waals surface area (Å²) in [6, 6.07) is 7.00. The van der Waals surface area contributed by atoms with Crippen LogP contribution in [0, 0.1) is 5.92 Å². The van der Waals surface area contributed by atoms with Crippen molar-refractivity contribution in [3.63, 3.8) is 0 Å². The number of nitrogens with one attached hydrogen (secondary N) is 2. The van der Waals surface area contributed by atoms with E-state index in [1.54, 1.807) is 24.3 Å².